The molecule has 184 valence electrons. The van der Waals surface area contributed by atoms with Gasteiger partial charge in [-0.25, -0.2) is 8.42 Å². The van der Waals surface area contributed by atoms with Crippen molar-refractivity contribution in [3.63, 3.8) is 0 Å². The van der Waals surface area contributed by atoms with E-state index in [9.17, 15) is 0 Å². The Morgan fingerprint density at radius 2 is 1.19 bits per heavy atom. The van der Waals surface area contributed by atoms with Crippen LogP contribution in [0.3, 0.4) is 0 Å². The third kappa shape index (κ3) is 14.4. The van der Waals surface area contributed by atoms with Crippen LogP contribution in [0.15, 0.2) is 48.5 Å². The van der Waals surface area contributed by atoms with E-state index in [-0.39, 0.29) is 28.3 Å². The van der Waals surface area contributed by atoms with E-state index in [1.807, 2.05) is 48.5 Å². The fraction of sp³-hybridized carbons (Fsp3) is 0.520. The number of para-hydroxylation sites is 1. The number of hydrogen-bond donors (Lipinski definition) is 1. The molecule has 0 aliphatic rings. The molecule has 0 bridgehead atoms. The van der Waals surface area contributed by atoms with Gasteiger partial charge in [-0.3, -0.25) is 0 Å². The van der Waals surface area contributed by atoms with Crippen molar-refractivity contribution in [2.75, 3.05) is 12.0 Å². The maximum atomic E-state index is 9.08. The van der Waals surface area contributed by atoms with Gasteiger partial charge >= 0.3 is 20.4 Å². The van der Waals surface area contributed by atoms with Gasteiger partial charge in [0, 0.05) is 6.26 Å². The van der Waals surface area contributed by atoms with Gasteiger partial charge in [0.05, 0.1) is 10.1 Å². The molecule has 0 aliphatic heterocycles. The molecule has 0 fully saturated rings. The Balaban J connectivity index is 0. The van der Waals surface area contributed by atoms with Crippen molar-refractivity contribution in [2.24, 2.45) is 0 Å². The van der Waals surface area contributed by atoms with Gasteiger partial charge < -0.3 is 10.3 Å². The largest absolute Gasteiger partial charge is 2.00 e. The molecule has 0 heterocycles. The van der Waals surface area contributed by atoms with E-state index in [4.69, 9.17) is 18.7 Å². The van der Waals surface area contributed by atoms with Crippen LogP contribution in [-0.2, 0) is 30.5 Å². The summed E-state index contributed by atoms with van der Waals surface area (Å²) in [6, 6.07) is 18.8. The number of nitrogen functional groups attached to an aromatic ring is 1. The van der Waals surface area contributed by atoms with Gasteiger partial charge in [-0.2, -0.15) is 0 Å². The number of benzene rings is 2. The molecule has 0 amide bonds. The summed E-state index contributed by atoms with van der Waals surface area (Å²) < 4.78 is 27.2. The Morgan fingerprint density at radius 1 is 0.812 bits per heavy atom. The van der Waals surface area contributed by atoms with E-state index in [0.717, 1.165) is 16.8 Å². The molecule has 0 unspecified atom stereocenters. The van der Waals surface area contributed by atoms with Crippen molar-refractivity contribution < 1.29 is 33.4 Å². The van der Waals surface area contributed by atoms with Crippen molar-refractivity contribution in [1.82, 2.24) is 0 Å². The molecule has 0 aromatic heterocycles. The van der Waals surface area contributed by atoms with E-state index in [1.54, 1.807) is 0 Å². The molecular weight excluding hydrogens is 532 g/mol. The zero-order chi connectivity index (χ0) is 24.7. The van der Waals surface area contributed by atoms with Crippen LogP contribution in [0.1, 0.15) is 62.3 Å². The third-order valence-corrected chi connectivity index (χ3v) is 8.00. The summed E-state index contributed by atoms with van der Waals surface area (Å²) in [6.07, 6.45) is 0.604. The second-order valence-electron chi connectivity index (χ2n) is 10.4. The zero-order valence-corrected chi connectivity index (χ0v) is 24.4. The molecule has 32 heavy (non-hydrogen) atoms. The van der Waals surface area contributed by atoms with E-state index < -0.39 is 10.1 Å². The summed E-state index contributed by atoms with van der Waals surface area (Å²) in [7, 11) is -3.90. The minimum absolute atomic E-state index is 0. The van der Waals surface area contributed by atoms with Crippen LogP contribution in [0.2, 0.25) is 0 Å². The van der Waals surface area contributed by atoms with Crippen molar-refractivity contribution >= 4 is 23.7 Å². The molecule has 0 atom stereocenters. The van der Waals surface area contributed by atoms with Crippen molar-refractivity contribution in [2.45, 2.75) is 77.8 Å². The Labute approximate surface area is 211 Å². The van der Waals surface area contributed by atoms with Gasteiger partial charge in [-0.15, -0.1) is 35.9 Å². The predicted molar refractivity (Wildman–Crippen MR) is 137 cm³/mol. The van der Waals surface area contributed by atoms with Crippen LogP contribution in [0.5, 0.6) is 0 Å². The van der Waals surface area contributed by atoms with Gasteiger partial charge in [-0.1, -0.05) is 94.0 Å². The van der Waals surface area contributed by atoms with Crippen LogP contribution in [0, 0.1) is 6.07 Å². The Bertz CT molecular complexity index is 856. The van der Waals surface area contributed by atoms with Crippen molar-refractivity contribution in [3.8, 4) is 11.1 Å². The SMILES string of the molecule is CC(C)(C)P(C(C)(C)C)C(C)(C)C.CS(=O)(=O)[O-].Nc1ccccc1-c1[c-]cccc1.[Pd+2]. The second kappa shape index (κ2) is 13.2. The summed E-state index contributed by atoms with van der Waals surface area (Å²) in [6.45, 7) is 21.5. The summed E-state index contributed by atoms with van der Waals surface area (Å²) in [5.41, 5.74) is 8.72. The van der Waals surface area contributed by atoms with Crippen LogP contribution in [0.25, 0.3) is 11.1 Å². The van der Waals surface area contributed by atoms with E-state index >= 15 is 0 Å². The first-order valence-corrected chi connectivity index (χ1v) is 13.4. The Kier molecular flexibility index (Phi) is 13.8. The van der Waals surface area contributed by atoms with Gasteiger partial charge in [0.15, 0.2) is 0 Å². The molecule has 2 N–H and O–H groups in total. The Morgan fingerprint density at radius 3 is 1.47 bits per heavy atom. The first kappa shape index (κ1) is 33.4. The summed E-state index contributed by atoms with van der Waals surface area (Å²) in [5.74, 6) is 0. The van der Waals surface area contributed by atoms with Crippen LogP contribution < -0.4 is 5.73 Å². The molecule has 0 aliphatic carbocycles. The average molecular weight is 572 g/mol. The molecule has 7 heteroatoms. The molecular formula is C25H40NO3PPdS. The number of rotatable bonds is 1. The quantitative estimate of drug-likeness (QED) is 0.135. The molecule has 4 nitrogen and oxygen atoms in total. The molecule has 2 rings (SSSR count). The van der Waals surface area contributed by atoms with Gasteiger partial charge in [-0.05, 0) is 27.2 Å². The Hall–Kier alpha value is -0.758. The fourth-order valence-corrected chi connectivity index (χ4v) is 10.4. The predicted octanol–water partition coefficient (Wildman–Crippen LogP) is 6.76. The summed E-state index contributed by atoms with van der Waals surface area (Å²) >= 11 is 0. The van der Waals surface area contributed by atoms with Crippen LogP contribution in [-0.4, -0.2) is 34.7 Å². The second-order valence-corrected chi connectivity index (χ2v) is 16.5. The maximum Gasteiger partial charge on any atom is 2.00 e. The summed E-state index contributed by atoms with van der Waals surface area (Å²) in [4.78, 5) is 0. The smallest absolute Gasteiger partial charge is 0.748 e. The molecule has 0 saturated heterocycles. The normalized spacial score (nSPS) is 12.0. The van der Waals surface area contributed by atoms with Crippen molar-refractivity contribution in [1.29, 1.82) is 0 Å². The number of anilines is 1. The van der Waals surface area contributed by atoms with Gasteiger partial charge in [0.1, 0.15) is 0 Å². The minimum Gasteiger partial charge on any atom is -0.748 e. The van der Waals surface area contributed by atoms with Gasteiger partial charge in [0.25, 0.3) is 0 Å². The number of nitrogens with two attached hydrogens (primary N) is 1. The molecule has 0 spiro atoms. The molecule has 0 radical (unpaired) electrons. The fourth-order valence-electron chi connectivity index (χ4n) is 4.32. The summed E-state index contributed by atoms with van der Waals surface area (Å²) in [5, 5.41) is 1.35. The minimum atomic E-state index is -3.92. The van der Waals surface area contributed by atoms with E-state index in [2.05, 4.69) is 68.4 Å². The van der Waals surface area contributed by atoms with E-state index in [1.165, 1.54) is 0 Å². The molecule has 2 aromatic carbocycles. The third-order valence-electron chi connectivity index (χ3n) is 3.97. The van der Waals surface area contributed by atoms with Crippen molar-refractivity contribution in [3.05, 3.63) is 54.6 Å². The van der Waals surface area contributed by atoms with Crippen LogP contribution >= 0.6 is 7.92 Å². The monoisotopic (exact) mass is 571 g/mol. The number of hydrogen-bond acceptors (Lipinski definition) is 4. The maximum absolute atomic E-state index is 9.08. The van der Waals surface area contributed by atoms with E-state index in [0.29, 0.717) is 21.7 Å². The molecule has 2 aromatic rings. The van der Waals surface area contributed by atoms with Gasteiger partial charge in [0.2, 0.25) is 0 Å². The molecule has 0 saturated carbocycles. The first-order chi connectivity index (χ1) is 13.7. The topological polar surface area (TPSA) is 83.2 Å². The zero-order valence-electron chi connectivity index (χ0n) is 21.1. The first-order valence-electron chi connectivity index (χ1n) is 10.3. The average Bonchev–Trinajstić information content (AvgIpc) is 2.50. The van der Waals surface area contributed by atoms with Crippen LogP contribution in [0.4, 0.5) is 5.69 Å². The standard InChI is InChI=1S/C12H10N.C12H27P.CH4O3S.Pd/c13-12-9-5-4-8-11(12)10-6-2-1-3-7-10;1-10(2,3)13(11(4,5)6)12(7,8)9;1-5(2,3)4;/h1-6,8-9H,13H2;1-9H3;1H3,(H,2,3,4);/q-1;;;+2/p-1.